The van der Waals surface area contributed by atoms with Crippen LogP contribution < -0.4 is 5.32 Å². The molecule has 1 aromatic rings. The van der Waals surface area contributed by atoms with Crippen molar-refractivity contribution in [3.63, 3.8) is 0 Å². The minimum Gasteiger partial charge on any atom is -0.325 e. The highest BCUT2D eigenvalue weighted by atomic mass is 32.2. The fourth-order valence-corrected chi connectivity index (χ4v) is 2.64. The quantitative estimate of drug-likeness (QED) is 0.639. The summed E-state index contributed by atoms with van der Waals surface area (Å²) in [7, 11) is -3.36. The number of nitrogens with one attached hydrogen (secondary N) is 1. The van der Waals surface area contributed by atoms with Crippen LogP contribution in [-0.2, 0) is 19.1 Å². The number of amides is 1. The predicted molar refractivity (Wildman–Crippen MR) is 72.5 cm³/mol. The number of hydrogen-bond donors (Lipinski definition) is 1. The van der Waals surface area contributed by atoms with Crippen molar-refractivity contribution in [2.75, 3.05) is 18.2 Å². The molecule has 1 heterocycles. The molecule has 6 heteroatoms. The lowest BCUT2D eigenvalue weighted by atomic mass is 9.95. The molecular formula is C13H17NO4S. The minimum atomic E-state index is -3.36. The maximum Gasteiger partial charge on any atom is 0.264 e. The van der Waals surface area contributed by atoms with E-state index in [-0.39, 0.29) is 18.4 Å². The average molecular weight is 283 g/mol. The molecule has 0 saturated carbocycles. The maximum atomic E-state index is 11.8. The summed E-state index contributed by atoms with van der Waals surface area (Å²) in [6.45, 7) is 0.175. The van der Waals surface area contributed by atoms with E-state index >= 15 is 0 Å². The van der Waals surface area contributed by atoms with E-state index < -0.39 is 10.1 Å². The molecule has 0 saturated heterocycles. The van der Waals surface area contributed by atoms with Gasteiger partial charge in [0.2, 0.25) is 5.91 Å². The Kier molecular flexibility index (Phi) is 4.21. The number of carbonyl (C=O) groups is 1. The van der Waals surface area contributed by atoms with Crippen LogP contribution in [0.5, 0.6) is 0 Å². The van der Waals surface area contributed by atoms with E-state index in [1.165, 1.54) is 0 Å². The summed E-state index contributed by atoms with van der Waals surface area (Å²) in [6, 6.07) is 7.64. The molecule has 1 atom stereocenters. The molecule has 0 fully saturated rings. The molecular weight excluding hydrogens is 266 g/mol. The maximum absolute atomic E-state index is 11.8. The Morgan fingerprint density at radius 1 is 1.26 bits per heavy atom. The van der Waals surface area contributed by atoms with Gasteiger partial charge in [0.05, 0.1) is 18.8 Å². The van der Waals surface area contributed by atoms with Crippen molar-refractivity contribution in [1.82, 2.24) is 0 Å². The molecule has 1 aliphatic heterocycles. The zero-order valence-corrected chi connectivity index (χ0v) is 11.6. The van der Waals surface area contributed by atoms with E-state index in [1.807, 2.05) is 24.3 Å². The lowest BCUT2D eigenvalue weighted by Gasteiger charge is -2.08. The third-order valence-corrected chi connectivity index (χ3v) is 3.69. The number of unbranched alkanes of at least 4 members (excludes halogenated alkanes) is 1. The summed E-state index contributed by atoms with van der Waals surface area (Å²) in [5, 5.41) is 2.85. The van der Waals surface area contributed by atoms with Crippen molar-refractivity contribution in [2.45, 2.75) is 25.2 Å². The molecule has 5 nitrogen and oxygen atoms in total. The number of fused-ring (bicyclic) bond motifs is 1. The van der Waals surface area contributed by atoms with Crippen LogP contribution in [0.3, 0.4) is 0 Å². The average Bonchev–Trinajstić information content (AvgIpc) is 2.64. The third-order valence-electron chi connectivity index (χ3n) is 3.10. The smallest absolute Gasteiger partial charge is 0.264 e. The third kappa shape index (κ3) is 3.78. The summed E-state index contributed by atoms with van der Waals surface area (Å²) in [4.78, 5) is 11.8. The molecule has 0 spiro atoms. The second kappa shape index (κ2) is 5.71. The number of rotatable bonds is 6. The van der Waals surface area contributed by atoms with E-state index in [0.717, 1.165) is 23.9 Å². The Hall–Kier alpha value is -1.40. The van der Waals surface area contributed by atoms with Crippen molar-refractivity contribution in [2.24, 2.45) is 0 Å². The molecule has 1 N–H and O–H groups in total. The van der Waals surface area contributed by atoms with Crippen LogP contribution in [0, 0.1) is 0 Å². The molecule has 0 radical (unpaired) electrons. The molecule has 0 bridgehead atoms. The van der Waals surface area contributed by atoms with E-state index in [9.17, 15) is 13.2 Å². The second-order valence-electron chi connectivity index (χ2n) is 4.65. The van der Waals surface area contributed by atoms with E-state index in [0.29, 0.717) is 12.8 Å². The van der Waals surface area contributed by atoms with E-state index in [4.69, 9.17) is 0 Å². The molecule has 0 aliphatic carbocycles. The standard InChI is InChI=1S/C13H17NO4S/c1-19(16,17)18-9-5-4-7-11-10-6-2-3-8-12(10)14-13(11)15/h2-3,6,8,11H,4-5,7,9H2,1H3,(H,14,15). The lowest BCUT2D eigenvalue weighted by Crippen LogP contribution is -2.12. The van der Waals surface area contributed by atoms with Crippen LogP contribution >= 0.6 is 0 Å². The number of para-hydroxylation sites is 1. The van der Waals surface area contributed by atoms with Gasteiger partial charge in [0.25, 0.3) is 10.1 Å². The first-order valence-corrected chi connectivity index (χ1v) is 8.03. The van der Waals surface area contributed by atoms with E-state index in [2.05, 4.69) is 9.50 Å². The van der Waals surface area contributed by atoms with Gasteiger partial charge in [-0.05, 0) is 30.9 Å². The topological polar surface area (TPSA) is 72.5 Å². The van der Waals surface area contributed by atoms with Gasteiger partial charge in [0.1, 0.15) is 0 Å². The van der Waals surface area contributed by atoms with Gasteiger partial charge in [0, 0.05) is 5.69 Å². The van der Waals surface area contributed by atoms with Gasteiger partial charge in [-0.15, -0.1) is 0 Å². The van der Waals surface area contributed by atoms with Crippen LogP contribution in [0.4, 0.5) is 5.69 Å². The summed E-state index contributed by atoms with van der Waals surface area (Å²) in [5.41, 5.74) is 1.90. The zero-order chi connectivity index (χ0) is 13.9. The highest BCUT2D eigenvalue weighted by Gasteiger charge is 2.29. The van der Waals surface area contributed by atoms with Gasteiger partial charge >= 0.3 is 0 Å². The predicted octanol–water partition coefficient (Wildman–Crippen LogP) is 1.87. The minimum absolute atomic E-state index is 0.0187. The Morgan fingerprint density at radius 2 is 2.00 bits per heavy atom. The SMILES string of the molecule is CS(=O)(=O)OCCCCC1C(=O)Nc2ccccc21. The number of anilines is 1. The van der Waals surface area contributed by atoms with Crippen LogP contribution in [0.25, 0.3) is 0 Å². The fourth-order valence-electron chi connectivity index (χ4n) is 2.22. The lowest BCUT2D eigenvalue weighted by molar-refractivity contribution is -0.117. The van der Waals surface area contributed by atoms with Gasteiger partial charge in [0.15, 0.2) is 0 Å². The Labute approximate surface area is 113 Å². The highest BCUT2D eigenvalue weighted by Crippen LogP contribution is 2.35. The number of benzene rings is 1. The molecule has 19 heavy (non-hydrogen) atoms. The van der Waals surface area contributed by atoms with Crippen molar-refractivity contribution in [3.05, 3.63) is 29.8 Å². The van der Waals surface area contributed by atoms with Crippen molar-refractivity contribution >= 4 is 21.7 Å². The molecule has 104 valence electrons. The van der Waals surface area contributed by atoms with Crippen LogP contribution in [0.2, 0.25) is 0 Å². The van der Waals surface area contributed by atoms with Gasteiger partial charge < -0.3 is 5.32 Å². The van der Waals surface area contributed by atoms with Crippen molar-refractivity contribution in [1.29, 1.82) is 0 Å². The molecule has 1 unspecified atom stereocenters. The Balaban J connectivity index is 1.82. The van der Waals surface area contributed by atoms with Crippen LogP contribution in [0.15, 0.2) is 24.3 Å². The van der Waals surface area contributed by atoms with E-state index in [1.54, 1.807) is 0 Å². The first-order chi connectivity index (χ1) is 8.97. The normalized spacial score (nSPS) is 18.2. The first kappa shape index (κ1) is 14.0. The molecule has 1 amide bonds. The fraction of sp³-hybridized carbons (Fsp3) is 0.462. The largest absolute Gasteiger partial charge is 0.325 e. The summed E-state index contributed by atoms with van der Waals surface area (Å²) in [5.74, 6) is -0.111. The summed E-state index contributed by atoms with van der Waals surface area (Å²) in [6.07, 6.45) is 3.12. The Morgan fingerprint density at radius 3 is 2.74 bits per heavy atom. The van der Waals surface area contributed by atoms with Gasteiger partial charge in [-0.25, -0.2) is 0 Å². The molecule has 2 rings (SSSR count). The molecule has 1 aromatic carbocycles. The highest BCUT2D eigenvalue weighted by molar-refractivity contribution is 7.85. The van der Waals surface area contributed by atoms with Gasteiger partial charge in [-0.1, -0.05) is 18.2 Å². The van der Waals surface area contributed by atoms with Crippen molar-refractivity contribution in [3.8, 4) is 0 Å². The first-order valence-electron chi connectivity index (χ1n) is 6.21. The second-order valence-corrected chi connectivity index (χ2v) is 6.29. The Bertz CT molecular complexity index is 568. The van der Waals surface area contributed by atoms with Crippen molar-refractivity contribution < 1.29 is 17.4 Å². The van der Waals surface area contributed by atoms with Crippen LogP contribution in [0.1, 0.15) is 30.7 Å². The summed E-state index contributed by atoms with van der Waals surface area (Å²) >= 11 is 0. The summed E-state index contributed by atoms with van der Waals surface area (Å²) < 4.78 is 26.2. The van der Waals surface area contributed by atoms with Gasteiger partial charge in [-0.3, -0.25) is 8.98 Å². The zero-order valence-electron chi connectivity index (χ0n) is 10.8. The van der Waals surface area contributed by atoms with Crippen LogP contribution in [-0.4, -0.2) is 27.2 Å². The number of hydrogen-bond acceptors (Lipinski definition) is 4. The molecule has 0 aromatic heterocycles. The molecule has 1 aliphatic rings. The van der Waals surface area contributed by atoms with Gasteiger partial charge in [-0.2, -0.15) is 8.42 Å². The monoisotopic (exact) mass is 283 g/mol. The number of carbonyl (C=O) groups excluding carboxylic acids is 1.